The molecule has 0 amide bonds. The van der Waals surface area contributed by atoms with Crippen molar-refractivity contribution >= 4 is 32.3 Å². The maximum absolute atomic E-state index is 14.6. The second kappa shape index (κ2) is 6.23. The SMILES string of the molecule is COc1ccc2[nH]c(=O)c3sccc3c2c1-c1ccc(C(C)N)c(F)c1. The van der Waals surface area contributed by atoms with E-state index in [0.717, 1.165) is 16.3 Å². The van der Waals surface area contributed by atoms with Crippen LogP contribution in [0.15, 0.2) is 46.6 Å². The molecule has 0 bridgehead atoms. The number of hydrogen-bond donors (Lipinski definition) is 2. The molecule has 0 spiro atoms. The zero-order chi connectivity index (χ0) is 18.4. The van der Waals surface area contributed by atoms with Gasteiger partial charge in [0.1, 0.15) is 16.3 Å². The Morgan fingerprint density at radius 3 is 2.73 bits per heavy atom. The molecule has 1 unspecified atom stereocenters. The average molecular weight is 368 g/mol. The van der Waals surface area contributed by atoms with E-state index in [1.165, 1.54) is 17.4 Å². The third kappa shape index (κ3) is 2.50. The highest BCUT2D eigenvalue weighted by Gasteiger charge is 2.18. The van der Waals surface area contributed by atoms with Gasteiger partial charge in [0.15, 0.2) is 0 Å². The minimum atomic E-state index is -0.390. The van der Waals surface area contributed by atoms with E-state index in [-0.39, 0.29) is 11.4 Å². The lowest BCUT2D eigenvalue weighted by atomic mass is 9.95. The molecule has 1 atom stereocenters. The summed E-state index contributed by atoms with van der Waals surface area (Å²) in [7, 11) is 1.58. The summed E-state index contributed by atoms with van der Waals surface area (Å²) in [6.07, 6.45) is 0. The molecule has 0 radical (unpaired) electrons. The van der Waals surface area contributed by atoms with Crippen molar-refractivity contribution in [2.45, 2.75) is 13.0 Å². The predicted octanol–water partition coefficient (Wildman–Crippen LogP) is 4.58. The van der Waals surface area contributed by atoms with Gasteiger partial charge in [0.25, 0.3) is 5.56 Å². The maximum Gasteiger partial charge on any atom is 0.266 e. The number of H-pyrrole nitrogens is 1. The minimum Gasteiger partial charge on any atom is -0.496 e. The van der Waals surface area contributed by atoms with Crippen LogP contribution in [0, 0.1) is 5.82 Å². The van der Waals surface area contributed by atoms with Crippen molar-refractivity contribution in [2.24, 2.45) is 5.73 Å². The van der Waals surface area contributed by atoms with Crippen molar-refractivity contribution < 1.29 is 9.13 Å². The Labute approximate surface area is 153 Å². The smallest absolute Gasteiger partial charge is 0.266 e. The van der Waals surface area contributed by atoms with Gasteiger partial charge in [-0.25, -0.2) is 4.39 Å². The largest absolute Gasteiger partial charge is 0.496 e. The van der Waals surface area contributed by atoms with Gasteiger partial charge in [0, 0.05) is 33.5 Å². The van der Waals surface area contributed by atoms with Gasteiger partial charge in [0.2, 0.25) is 0 Å². The molecule has 0 aliphatic heterocycles. The van der Waals surface area contributed by atoms with Gasteiger partial charge in [-0.3, -0.25) is 4.79 Å². The number of rotatable bonds is 3. The van der Waals surface area contributed by atoms with E-state index in [1.807, 2.05) is 23.6 Å². The Morgan fingerprint density at radius 2 is 2.04 bits per heavy atom. The van der Waals surface area contributed by atoms with E-state index in [4.69, 9.17) is 10.5 Å². The summed E-state index contributed by atoms with van der Waals surface area (Å²) >= 11 is 1.38. The molecule has 132 valence electrons. The first-order chi connectivity index (χ1) is 12.5. The lowest BCUT2D eigenvalue weighted by molar-refractivity contribution is 0.417. The summed E-state index contributed by atoms with van der Waals surface area (Å²) in [5.41, 5.74) is 8.27. The highest BCUT2D eigenvalue weighted by atomic mass is 32.1. The van der Waals surface area contributed by atoms with Gasteiger partial charge in [-0.2, -0.15) is 0 Å². The van der Waals surface area contributed by atoms with E-state index >= 15 is 0 Å². The summed E-state index contributed by atoms with van der Waals surface area (Å²) in [6, 6.07) is 10.1. The summed E-state index contributed by atoms with van der Waals surface area (Å²) in [4.78, 5) is 15.2. The normalized spacial score (nSPS) is 12.6. The molecule has 0 aliphatic carbocycles. The van der Waals surface area contributed by atoms with Crippen molar-refractivity contribution in [2.75, 3.05) is 7.11 Å². The molecule has 6 heteroatoms. The molecule has 0 aliphatic rings. The second-order valence-electron chi connectivity index (χ2n) is 6.21. The van der Waals surface area contributed by atoms with Gasteiger partial charge in [0.05, 0.1) is 7.11 Å². The number of methoxy groups -OCH3 is 1. The molecule has 2 heterocycles. The molecule has 0 saturated heterocycles. The number of halogens is 1. The number of pyridine rings is 1. The van der Waals surface area contributed by atoms with Gasteiger partial charge < -0.3 is 15.5 Å². The number of nitrogens with two attached hydrogens (primary N) is 1. The number of nitrogens with one attached hydrogen (secondary N) is 1. The van der Waals surface area contributed by atoms with Crippen LogP contribution in [0.4, 0.5) is 4.39 Å². The fourth-order valence-electron chi connectivity index (χ4n) is 3.34. The van der Waals surface area contributed by atoms with Gasteiger partial charge in [-0.15, -0.1) is 11.3 Å². The van der Waals surface area contributed by atoms with Crippen LogP contribution < -0.4 is 16.0 Å². The monoisotopic (exact) mass is 368 g/mol. The minimum absolute atomic E-state index is 0.128. The zero-order valence-corrected chi connectivity index (χ0v) is 15.1. The molecule has 0 fully saturated rings. The summed E-state index contributed by atoms with van der Waals surface area (Å²) in [6.45, 7) is 1.75. The van der Waals surface area contributed by atoms with Crippen molar-refractivity contribution in [1.29, 1.82) is 0 Å². The van der Waals surface area contributed by atoms with Crippen LogP contribution in [0.25, 0.3) is 32.1 Å². The molecule has 26 heavy (non-hydrogen) atoms. The number of thiophene rings is 1. The quantitative estimate of drug-likeness (QED) is 0.556. The summed E-state index contributed by atoms with van der Waals surface area (Å²) in [5, 5.41) is 3.55. The van der Waals surface area contributed by atoms with Crippen LogP contribution in [0.1, 0.15) is 18.5 Å². The molecule has 2 aromatic carbocycles. The van der Waals surface area contributed by atoms with E-state index < -0.39 is 6.04 Å². The number of hydrogen-bond acceptors (Lipinski definition) is 4. The Bertz CT molecular complexity index is 1190. The molecular weight excluding hydrogens is 351 g/mol. The predicted molar refractivity (Wildman–Crippen MR) is 105 cm³/mol. The summed E-state index contributed by atoms with van der Waals surface area (Å²) in [5.74, 6) is 0.257. The number of aromatic amines is 1. The number of fused-ring (bicyclic) bond motifs is 3. The third-order valence-electron chi connectivity index (χ3n) is 4.56. The zero-order valence-electron chi connectivity index (χ0n) is 14.3. The molecule has 4 aromatic rings. The molecular formula is C20H17FN2O2S. The number of aromatic nitrogens is 1. The Kier molecular flexibility index (Phi) is 4.01. The summed E-state index contributed by atoms with van der Waals surface area (Å²) < 4.78 is 20.7. The van der Waals surface area contributed by atoms with Crippen LogP contribution in [0.2, 0.25) is 0 Å². The van der Waals surface area contributed by atoms with E-state index in [0.29, 0.717) is 27.1 Å². The van der Waals surface area contributed by atoms with Crippen LogP contribution >= 0.6 is 11.3 Å². The van der Waals surface area contributed by atoms with Crippen LogP contribution in [0.3, 0.4) is 0 Å². The van der Waals surface area contributed by atoms with Crippen molar-refractivity contribution in [1.82, 2.24) is 4.98 Å². The van der Waals surface area contributed by atoms with E-state index in [2.05, 4.69) is 4.98 Å². The van der Waals surface area contributed by atoms with Crippen LogP contribution in [-0.4, -0.2) is 12.1 Å². The van der Waals surface area contributed by atoms with Crippen molar-refractivity contribution in [3.8, 4) is 16.9 Å². The van der Waals surface area contributed by atoms with Gasteiger partial charge in [-0.05, 0) is 42.1 Å². The number of benzene rings is 2. The molecule has 4 nitrogen and oxygen atoms in total. The molecule has 4 rings (SSSR count). The van der Waals surface area contributed by atoms with Crippen LogP contribution in [-0.2, 0) is 0 Å². The second-order valence-corrected chi connectivity index (χ2v) is 7.12. The third-order valence-corrected chi connectivity index (χ3v) is 5.47. The Balaban J connectivity index is 2.13. The molecule has 3 N–H and O–H groups in total. The number of ether oxygens (including phenoxy) is 1. The van der Waals surface area contributed by atoms with Crippen molar-refractivity contribution in [3.63, 3.8) is 0 Å². The maximum atomic E-state index is 14.6. The Hall–Kier alpha value is -2.70. The van der Waals surface area contributed by atoms with Crippen molar-refractivity contribution in [3.05, 3.63) is 63.5 Å². The van der Waals surface area contributed by atoms with Gasteiger partial charge in [-0.1, -0.05) is 12.1 Å². The average Bonchev–Trinajstić information content (AvgIpc) is 3.11. The standard InChI is InChI=1S/C20H17FN2O2S/c1-10(22)12-4-3-11(9-14(12)21)17-16(25-2)6-5-15-18(17)13-7-8-26-19(13)20(24)23-15/h3-10H,22H2,1-2H3,(H,23,24). The first-order valence-electron chi connectivity index (χ1n) is 8.17. The van der Waals surface area contributed by atoms with Gasteiger partial charge >= 0.3 is 0 Å². The lowest BCUT2D eigenvalue weighted by Crippen LogP contribution is -2.07. The Morgan fingerprint density at radius 1 is 1.23 bits per heavy atom. The fraction of sp³-hybridized carbons (Fsp3) is 0.150. The van der Waals surface area contributed by atoms with Crippen LogP contribution in [0.5, 0.6) is 5.75 Å². The highest BCUT2D eigenvalue weighted by molar-refractivity contribution is 7.17. The van der Waals surface area contributed by atoms with E-state index in [1.54, 1.807) is 26.2 Å². The highest BCUT2D eigenvalue weighted by Crippen LogP contribution is 2.40. The fourth-order valence-corrected chi connectivity index (χ4v) is 4.13. The lowest BCUT2D eigenvalue weighted by Gasteiger charge is -2.15. The molecule has 2 aromatic heterocycles. The topological polar surface area (TPSA) is 68.1 Å². The van der Waals surface area contributed by atoms with E-state index in [9.17, 15) is 9.18 Å². The first kappa shape index (κ1) is 16.8. The first-order valence-corrected chi connectivity index (χ1v) is 9.05. The molecule has 0 saturated carbocycles.